The van der Waals surface area contributed by atoms with Gasteiger partial charge >= 0.3 is 0 Å². The van der Waals surface area contributed by atoms with Crippen LogP contribution in [-0.4, -0.2) is 25.2 Å². The van der Waals surface area contributed by atoms with Gasteiger partial charge in [0.15, 0.2) is 6.10 Å². The maximum Gasteiger partial charge on any atom is 0.267 e. The first-order chi connectivity index (χ1) is 8.81. The second-order valence-electron chi connectivity index (χ2n) is 4.27. The fraction of sp³-hybridized carbons (Fsp3) is 0.462. The van der Waals surface area contributed by atoms with Crippen molar-refractivity contribution in [3.05, 3.63) is 35.9 Å². The van der Waals surface area contributed by atoms with Gasteiger partial charge in [-0.15, -0.1) is 0 Å². The molecule has 2 unspecified atom stereocenters. The fourth-order valence-corrected chi connectivity index (χ4v) is 2.01. The normalized spacial score (nSPS) is 20.6. The van der Waals surface area contributed by atoms with Gasteiger partial charge in [-0.1, -0.05) is 30.3 Å². The zero-order chi connectivity index (χ0) is 12.8. The van der Waals surface area contributed by atoms with E-state index in [1.807, 2.05) is 30.3 Å². The summed E-state index contributed by atoms with van der Waals surface area (Å²) in [5.74, 6) is 4.84. The molecule has 1 heterocycles. The predicted molar refractivity (Wildman–Crippen MR) is 66.4 cm³/mol. The van der Waals surface area contributed by atoms with E-state index in [1.165, 1.54) is 0 Å². The molecule has 1 aromatic rings. The van der Waals surface area contributed by atoms with Gasteiger partial charge in [0.1, 0.15) is 0 Å². The highest BCUT2D eigenvalue weighted by atomic mass is 16.5. The molecule has 0 radical (unpaired) electrons. The molecule has 0 aliphatic carbocycles. The van der Waals surface area contributed by atoms with Gasteiger partial charge in [0, 0.05) is 6.61 Å². The van der Waals surface area contributed by atoms with Crippen LogP contribution in [0.25, 0.3) is 0 Å². The molecule has 0 aromatic heterocycles. The van der Waals surface area contributed by atoms with Crippen LogP contribution in [-0.2, 0) is 14.3 Å². The third kappa shape index (κ3) is 3.29. The molecule has 1 saturated heterocycles. The topological polar surface area (TPSA) is 73.6 Å². The number of rotatable bonds is 5. The number of benzene rings is 1. The van der Waals surface area contributed by atoms with Crippen LogP contribution in [0.1, 0.15) is 24.5 Å². The van der Waals surface area contributed by atoms with Crippen molar-refractivity contribution in [1.82, 2.24) is 5.43 Å². The van der Waals surface area contributed by atoms with E-state index in [0.717, 1.165) is 25.0 Å². The molecular formula is C13H18N2O3. The molecule has 1 aliphatic heterocycles. The van der Waals surface area contributed by atoms with Gasteiger partial charge in [0.2, 0.25) is 0 Å². The van der Waals surface area contributed by atoms with E-state index in [4.69, 9.17) is 15.3 Å². The Bertz CT molecular complexity index is 377. The Labute approximate surface area is 106 Å². The van der Waals surface area contributed by atoms with Gasteiger partial charge in [0.05, 0.1) is 12.7 Å². The maximum absolute atomic E-state index is 11.7. The molecule has 1 aromatic carbocycles. The Hall–Kier alpha value is -1.43. The van der Waals surface area contributed by atoms with Crippen LogP contribution in [0.15, 0.2) is 30.3 Å². The van der Waals surface area contributed by atoms with Crippen molar-refractivity contribution in [2.45, 2.75) is 25.0 Å². The minimum absolute atomic E-state index is 0.0850. The molecule has 18 heavy (non-hydrogen) atoms. The van der Waals surface area contributed by atoms with Crippen molar-refractivity contribution >= 4 is 5.91 Å². The lowest BCUT2D eigenvalue weighted by Gasteiger charge is -2.18. The summed E-state index contributed by atoms with van der Waals surface area (Å²) in [5, 5.41) is 0. The van der Waals surface area contributed by atoms with Crippen molar-refractivity contribution in [3.63, 3.8) is 0 Å². The van der Waals surface area contributed by atoms with Gasteiger partial charge in [-0.2, -0.15) is 0 Å². The molecule has 2 atom stereocenters. The number of hydrogen-bond acceptors (Lipinski definition) is 4. The number of carbonyl (C=O) groups excluding carboxylic acids is 1. The van der Waals surface area contributed by atoms with E-state index in [-0.39, 0.29) is 12.0 Å². The van der Waals surface area contributed by atoms with Crippen LogP contribution in [0, 0.1) is 0 Å². The lowest BCUT2D eigenvalue weighted by Crippen LogP contribution is -2.36. The summed E-state index contributed by atoms with van der Waals surface area (Å²) in [4.78, 5) is 11.7. The second-order valence-corrected chi connectivity index (χ2v) is 4.27. The number of ether oxygens (including phenoxy) is 2. The van der Waals surface area contributed by atoms with Gasteiger partial charge in [-0.05, 0) is 18.4 Å². The first-order valence-electron chi connectivity index (χ1n) is 6.10. The summed E-state index contributed by atoms with van der Waals surface area (Å²) in [7, 11) is 0. The van der Waals surface area contributed by atoms with Crippen molar-refractivity contribution in [3.8, 4) is 0 Å². The smallest absolute Gasteiger partial charge is 0.267 e. The second kappa shape index (κ2) is 6.49. The predicted octanol–water partition coefficient (Wildman–Crippen LogP) is 0.913. The van der Waals surface area contributed by atoms with Gasteiger partial charge < -0.3 is 9.47 Å². The first kappa shape index (κ1) is 13.0. The summed E-state index contributed by atoms with van der Waals surface area (Å²) in [6, 6.07) is 9.30. The number of nitrogens with one attached hydrogen (secondary N) is 1. The minimum atomic E-state index is -0.680. The van der Waals surface area contributed by atoms with Crippen LogP contribution in [0.4, 0.5) is 0 Å². The monoisotopic (exact) mass is 250 g/mol. The standard InChI is InChI=1S/C13H18N2O3/c14-15-13(16)12(10-5-2-1-3-6-10)18-9-11-7-4-8-17-11/h1-3,5-6,11-12H,4,7-9,14H2,(H,15,16). The molecule has 98 valence electrons. The lowest BCUT2D eigenvalue weighted by atomic mass is 10.1. The Morgan fingerprint density at radius 2 is 2.28 bits per heavy atom. The van der Waals surface area contributed by atoms with E-state index in [1.54, 1.807) is 0 Å². The van der Waals surface area contributed by atoms with Crippen molar-refractivity contribution in [2.75, 3.05) is 13.2 Å². The average molecular weight is 250 g/mol. The molecule has 5 nitrogen and oxygen atoms in total. The molecule has 0 spiro atoms. The van der Waals surface area contributed by atoms with Gasteiger partial charge in [0.25, 0.3) is 5.91 Å². The molecule has 0 saturated carbocycles. The molecular weight excluding hydrogens is 232 g/mol. The summed E-state index contributed by atoms with van der Waals surface area (Å²) in [6.07, 6.45) is 1.43. The quantitative estimate of drug-likeness (QED) is 0.463. The maximum atomic E-state index is 11.7. The number of nitrogens with two attached hydrogens (primary N) is 1. The highest BCUT2D eigenvalue weighted by Crippen LogP contribution is 2.20. The third-order valence-corrected chi connectivity index (χ3v) is 2.96. The van der Waals surface area contributed by atoms with E-state index in [0.29, 0.717) is 6.61 Å². The Balaban J connectivity index is 1.99. The van der Waals surface area contributed by atoms with Crippen LogP contribution < -0.4 is 11.3 Å². The van der Waals surface area contributed by atoms with E-state index < -0.39 is 6.10 Å². The molecule has 1 aliphatic rings. The number of hydrazine groups is 1. The zero-order valence-electron chi connectivity index (χ0n) is 10.2. The van der Waals surface area contributed by atoms with E-state index >= 15 is 0 Å². The molecule has 1 amide bonds. The Morgan fingerprint density at radius 3 is 2.89 bits per heavy atom. The summed E-state index contributed by atoms with van der Waals surface area (Å²) >= 11 is 0. The third-order valence-electron chi connectivity index (χ3n) is 2.96. The summed E-state index contributed by atoms with van der Waals surface area (Å²) < 4.78 is 11.1. The highest BCUT2D eigenvalue weighted by Gasteiger charge is 2.23. The van der Waals surface area contributed by atoms with Crippen molar-refractivity contribution in [2.24, 2.45) is 5.84 Å². The number of carbonyl (C=O) groups is 1. The fourth-order valence-electron chi connectivity index (χ4n) is 2.01. The average Bonchev–Trinajstić information content (AvgIpc) is 2.93. The molecule has 2 rings (SSSR count). The SMILES string of the molecule is NNC(=O)C(OCC1CCCO1)c1ccccc1. The summed E-state index contributed by atoms with van der Waals surface area (Å²) in [6.45, 7) is 1.18. The summed E-state index contributed by atoms with van der Waals surface area (Å²) in [5.41, 5.74) is 2.92. The van der Waals surface area contributed by atoms with Crippen molar-refractivity contribution < 1.29 is 14.3 Å². The van der Waals surface area contributed by atoms with Crippen molar-refractivity contribution in [1.29, 1.82) is 0 Å². The molecule has 0 bridgehead atoms. The Morgan fingerprint density at radius 1 is 1.50 bits per heavy atom. The van der Waals surface area contributed by atoms with E-state index in [2.05, 4.69) is 5.43 Å². The largest absolute Gasteiger partial charge is 0.376 e. The minimum Gasteiger partial charge on any atom is -0.376 e. The lowest BCUT2D eigenvalue weighted by molar-refractivity contribution is -0.135. The molecule has 1 fully saturated rings. The highest BCUT2D eigenvalue weighted by molar-refractivity contribution is 5.81. The number of hydrogen-bond donors (Lipinski definition) is 2. The van der Waals surface area contributed by atoms with Crippen LogP contribution in [0.5, 0.6) is 0 Å². The molecule has 3 N–H and O–H groups in total. The molecule has 5 heteroatoms. The zero-order valence-corrected chi connectivity index (χ0v) is 10.2. The first-order valence-corrected chi connectivity index (χ1v) is 6.10. The van der Waals surface area contributed by atoms with Gasteiger partial charge in [-0.3, -0.25) is 10.2 Å². The van der Waals surface area contributed by atoms with E-state index in [9.17, 15) is 4.79 Å². The van der Waals surface area contributed by atoms with Crippen LogP contribution >= 0.6 is 0 Å². The van der Waals surface area contributed by atoms with Crippen LogP contribution in [0.2, 0.25) is 0 Å². The van der Waals surface area contributed by atoms with Crippen LogP contribution in [0.3, 0.4) is 0 Å². The van der Waals surface area contributed by atoms with Gasteiger partial charge in [-0.25, -0.2) is 5.84 Å². The Kier molecular flexibility index (Phi) is 4.69. The number of amides is 1.